The highest BCUT2D eigenvalue weighted by molar-refractivity contribution is 14.1. The molecule has 5 nitrogen and oxygen atoms in total. The highest BCUT2D eigenvalue weighted by Crippen LogP contribution is 1.82. The summed E-state index contributed by atoms with van der Waals surface area (Å²) in [5.41, 5.74) is 8.26. The van der Waals surface area contributed by atoms with Gasteiger partial charge in [0.2, 0.25) is 0 Å². The van der Waals surface area contributed by atoms with Crippen LogP contribution in [0.4, 0.5) is 0 Å². The summed E-state index contributed by atoms with van der Waals surface area (Å²) in [4.78, 5) is 0. The lowest BCUT2D eigenvalue weighted by Crippen LogP contribution is -2.35. The molecule has 0 unspecified atom stereocenters. The van der Waals surface area contributed by atoms with Crippen LogP contribution < -0.4 is 16.3 Å². The van der Waals surface area contributed by atoms with Crippen LogP contribution in [0.15, 0.2) is 0 Å². The van der Waals surface area contributed by atoms with Crippen molar-refractivity contribution in [3.8, 4) is 0 Å². The third-order valence-corrected chi connectivity index (χ3v) is 2.00. The second-order valence-corrected chi connectivity index (χ2v) is 3.85. The molecular weight excluding hydrogens is 297 g/mol. The van der Waals surface area contributed by atoms with E-state index in [1.807, 2.05) is 0 Å². The Hall–Kier alpha value is 0.530. The number of rotatable bonds is 11. The van der Waals surface area contributed by atoms with Gasteiger partial charge in [0, 0.05) is 24.1 Å². The fourth-order valence-electron chi connectivity index (χ4n) is 0.874. The van der Waals surface area contributed by atoms with Gasteiger partial charge in [-0.15, -0.1) is 0 Å². The number of hydroxylamine groups is 1. The first-order valence-electron chi connectivity index (χ1n) is 4.88. The van der Waals surface area contributed by atoms with Crippen molar-refractivity contribution >= 4 is 22.6 Å². The summed E-state index contributed by atoms with van der Waals surface area (Å²) in [6.45, 7) is 3.96. The van der Waals surface area contributed by atoms with Crippen LogP contribution >= 0.6 is 22.6 Å². The van der Waals surface area contributed by atoms with Crippen LogP contribution in [0.5, 0.6) is 0 Å². The SMILES string of the molecule is ONCCCCNNCCOCCI. The van der Waals surface area contributed by atoms with E-state index in [9.17, 15) is 0 Å². The summed E-state index contributed by atoms with van der Waals surface area (Å²) < 4.78 is 6.32. The summed E-state index contributed by atoms with van der Waals surface area (Å²) in [5, 5.41) is 8.29. The van der Waals surface area contributed by atoms with E-state index in [0.29, 0.717) is 6.54 Å². The van der Waals surface area contributed by atoms with Gasteiger partial charge in [-0.1, -0.05) is 22.6 Å². The lowest BCUT2D eigenvalue weighted by atomic mass is 10.3. The standard InChI is InChI=1S/C8H20IN3O2/c9-3-7-14-8-6-11-10-4-1-2-5-12-13/h10-13H,1-8H2. The van der Waals surface area contributed by atoms with Gasteiger partial charge in [-0.2, -0.15) is 0 Å². The molecule has 86 valence electrons. The summed E-state index contributed by atoms with van der Waals surface area (Å²) >= 11 is 2.29. The maximum absolute atomic E-state index is 8.29. The van der Waals surface area contributed by atoms with Crippen LogP contribution in [0, 0.1) is 0 Å². The van der Waals surface area contributed by atoms with Gasteiger partial charge in [-0.25, -0.2) is 5.48 Å². The number of hydrogen-bond acceptors (Lipinski definition) is 5. The topological polar surface area (TPSA) is 65.5 Å². The fourth-order valence-corrected chi connectivity index (χ4v) is 1.19. The van der Waals surface area contributed by atoms with Crippen LogP contribution in [0.2, 0.25) is 0 Å². The molecule has 0 aromatic carbocycles. The normalized spacial score (nSPS) is 10.7. The molecule has 0 saturated carbocycles. The lowest BCUT2D eigenvalue weighted by molar-refractivity contribution is 0.150. The van der Waals surface area contributed by atoms with E-state index in [0.717, 1.165) is 43.6 Å². The van der Waals surface area contributed by atoms with Gasteiger partial charge < -0.3 is 9.94 Å². The van der Waals surface area contributed by atoms with Crippen LogP contribution in [0.3, 0.4) is 0 Å². The van der Waals surface area contributed by atoms with Crippen LogP contribution in [-0.4, -0.2) is 42.5 Å². The summed E-state index contributed by atoms with van der Waals surface area (Å²) in [7, 11) is 0. The molecule has 0 rings (SSSR count). The van der Waals surface area contributed by atoms with E-state index in [4.69, 9.17) is 9.94 Å². The van der Waals surface area contributed by atoms with E-state index in [1.54, 1.807) is 0 Å². The molecule has 0 aliphatic carbocycles. The van der Waals surface area contributed by atoms with Crippen molar-refractivity contribution in [2.45, 2.75) is 12.8 Å². The summed E-state index contributed by atoms with van der Waals surface area (Å²) in [6.07, 6.45) is 2.01. The Morgan fingerprint density at radius 3 is 2.43 bits per heavy atom. The second-order valence-electron chi connectivity index (χ2n) is 2.77. The van der Waals surface area contributed by atoms with Crippen molar-refractivity contribution in [3.05, 3.63) is 0 Å². The molecule has 0 aromatic rings. The van der Waals surface area contributed by atoms with E-state index >= 15 is 0 Å². The first-order valence-corrected chi connectivity index (χ1v) is 6.40. The summed E-state index contributed by atoms with van der Waals surface area (Å²) in [6, 6.07) is 0. The second kappa shape index (κ2) is 13.5. The maximum atomic E-state index is 8.29. The van der Waals surface area contributed by atoms with E-state index in [1.165, 1.54) is 0 Å². The Balaban J connectivity index is 2.78. The third kappa shape index (κ3) is 12.5. The molecule has 14 heavy (non-hydrogen) atoms. The van der Waals surface area contributed by atoms with Gasteiger partial charge in [0.1, 0.15) is 0 Å². The minimum absolute atomic E-state index is 0.653. The van der Waals surface area contributed by atoms with E-state index in [2.05, 4.69) is 38.9 Å². The number of ether oxygens (including phenoxy) is 1. The van der Waals surface area contributed by atoms with Gasteiger partial charge in [-0.3, -0.25) is 10.9 Å². The molecule has 0 aliphatic heterocycles. The smallest absolute Gasteiger partial charge is 0.0605 e. The van der Waals surface area contributed by atoms with Gasteiger partial charge in [0.05, 0.1) is 13.2 Å². The molecular formula is C8H20IN3O2. The van der Waals surface area contributed by atoms with Crippen molar-refractivity contribution in [2.75, 3.05) is 37.3 Å². The van der Waals surface area contributed by atoms with Crippen molar-refractivity contribution < 1.29 is 9.94 Å². The predicted octanol–water partition coefficient (Wildman–Crippen LogP) is 0.291. The molecule has 0 radical (unpaired) electrons. The van der Waals surface area contributed by atoms with Crippen molar-refractivity contribution in [1.82, 2.24) is 16.3 Å². The Morgan fingerprint density at radius 1 is 1.00 bits per heavy atom. The van der Waals surface area contributed by atoms with Gasteiger partial charge >= 0.3 is 0 Å². The Kier molecular flexibility index (Phi) is 14.0. The zero-order valence-electron chi connectivity index (χ0n) is 8.39. The molecule has 4 N–H and O–H groups in total. The number of alkyl halides is 1. The van der Waals surface area contributed by atoms with E-state index < -0.39 is 0 Å². The highest BCUT2D eigenvalue weighted by atomic mass is 127. The molecule has 6 heteroatoms. The van der Waals surface area contributed by atoms with Crippen LogP contribution in [0.25, 0.3) is 0 Å². The zero-order chi connectivity index (χ0) is 10.5. The predicted molar refractivity (Wildman–Crippen MR) is 64.7 cm³/mol. The molecule has 0 heterocycles. The van der Waals surface area contributed by atoms with Crippen molar-refractivity contribution in [2.24, 2.45) is 0 Å². The van der Waals surface area contributed by atoms with Gasteiger partial charge in [0.15, 0.2) is 0 Å². The molecule has 0 amide bonds. The van der Waals surface area contributed by atoms with E-state index in [-0.39, 0.29) is 0 Å². The van der Waals surface area contributed by atoms with Gasteiger partial charge in [0.25, 0.3) is 0 Å². The molecule has 0 spiro atoms. The van der Waals surface area contributed by atoms with Crippen LogP contribution in [0.1, 0.15) is 12.8 Å². The van der Waals surface area contributed by atoms with Gasteiger partial charge in [-0.05, 0) is 12.8 Å². The Morgan fingerprint density at radius 2 is 1.71 bits per heavy atom. The quantitative estimate of drug-likeness (QED) is 0.191. The average Bonchev–Trinajstić information content (AvgIpc) is 2.21. The Bertz CT molecular complexity index is 96.6. The first-order chi connectivity index (χ1) is 6.91. The lowest BCUT2D eigenvalue weighted by Gasteiger charge is -2.06. The largest absolute Gasteiger partial charge is 0.379 e. The summed E-state index contributed by atoms with van der Waals surface area (Å²) in [5.74, 6) is 0. The average molecular weight is 317 g/mol. The first kappa shape index (κ1) is 14.5. The molecule has 0 fully saturated rings. The number of unbranched alkanes of at least 4 members (excludes halogenated alkanes) is 1. The molecule has 0 saturated heterocycles. The number of halogens is 1. The Labute approximate surface area is 99.0 Å². The molecule has 0 aromatic heterocycles. The minimum atomic E-state index is 0.653. The number of hydrazine groups is 1. The van der Waals surface area contributed by atoms with Crippen LogP contribution in [-0.2, 0) is 4.74 Å². The maximum Gasteiger partial charge on any atom is 0.0605 e. The fraction of sp³-hybridized carbons (Fsp3) is 1.00. The minimum Gasteiger partial charge on any atom is -0.379 e. The molecule has 0 bridgehead atoms. The number of hydrogen-bond donors (Lipinski definition) is 4. The highest BCUT2D eigenvalue weighted by Gasteiger charge is 1.88. The van der Waals surface area contributed by atoms with Crippen molar-refractivity contribution in [1.29, 1.82) is 0 Å². The molecule has 0 aliphatic rings. The molecule has 0 atom stereocenters. The zero-order valence-corrected chi connectivity index (χ0v) is 10.5. The third-order valence-electron chi connectivity index (χ3n) is 1.56. The number of nitrogens with one attached hydrogen (secondary N) is 3. The van der Waals surface area contributed by atoms with Crippen molar-refractivity contribution in [3.63, 3.8) is 0 Å². The monoisotopic (exact) mass is 317 g/mol.